The Bertz CT molecular complexity index is 537. The molecule has 1 aromatic heterocycles. The lowest BCUT2D eigenvalue weighted by molar-refractivity contribution is -0.151. The third-order valence-corrected chi connectivity index (χ3v) is 4.11. The summed E-state index contributed by atoms with van der Waals surface area (Å²) in [6.07, 6.45) is 3.03. The Morgan fingerprint density at radius 3 is 2.65 bits per heavy atom. The summed E-state index contributed by atoms with van der Waals surface area (Å²) in [6.45, 7) is 5.06. The molecule has 6 heteroatoms. The van der Waals surface area contributed by atoms with E-state index >= 15 is 0 Å². The second-order valence-electron chi connectivity index (χ2n) is 5.64. The van der Waals surface area contributed by atoms with Crippen LogP contribution >= 0.6 is 0 Å². The van der Waals surface area contributed by atoms with Crippen molar-refractivity contribution in [1.82, 2.24) is 10.3 Å². The minimum atomic E-state index is -0.920. The molecular weight excluding hydrogens is 260 g/mol. The number of carbonyl (C=O) groups excluding carboxylic acids is 1. The SMILES string of the molecule is Cc1nc(C)c(C(=O)NC2CCCCC2(C)C(=O)O)o1. The molecule has 1 fully saturated rings. The number of hydrogen-bond donors (Lipinski definition) is 2. The van der Waals surface area contributed by atoms with Crippen molar-refractivity contribution in [1.29, 1.82) is 0 Å². The third kappa shape index (κ3) is 2.55. The van der Waals surface area contributed by atoms with E-state index in [2.05, 4.69) is 10.3 Å². The van der Waals surface area contributed by atoms with Gasteiger partial charge >= 0.3 is 5.97 Å². The average Bonchev–Trinajstić information content (AvgIpc) is 2.71. The molecule has 1 amide bonds. The minimum Gasteiger partial charge on any atom is -0.481 e. The van der Waals surface area contributed by atoms with E-state index in [1.165, 1.54) is 0 Å². The van der Waals surface area contributed by atoms with E-state index in [0.29, 0.717) is 24.4 Å². The number of carbonyl (C=O) groups is 2. The van der Waals surface area contributed by atoms with Gasteiger partial charge in [0.25, 0.3) is 5.91 Å². The van der Waals surface area contributed by atoms with Crippen LogP contribution in [0.5, 0.6) is 0 Å². The van der Waals surface area contributed by atoms with Crippen LogP contribution in [0.2, 0.25) is 0 Å². The van der Waals surface area contributed by atoms with Crippen molar-refractivity contribution in [3.8, 4) is 0 Å². The van der Waals surface area contributed by atoms with E-state index < -0.39 is 11.4 Å². The zero-order valence-electron chi connectivity index (χ0n) is 12.0. The fraction of sp³-hybridized carbons (Fsp3) is 0.643. The molecule has 0 saturated heterocycles. The number of nitrogens with one attached hydrogen (secondary N) is 1. The Morgan fingerprint density at radius 1 is 1.40 bits per heavy atom. The van der Waals surface area contributed by atoms with Gasteiger partial charge in [0.1, 0.15) is 0 Å². The van der Waals surface area contributed by atoms with Gasteiger partial charge in [0.05, 0.1) is 11.1 Å². The molecule has 20 heavy (non-hydrogen) atoms. The molecule has 0 radical (unpaired) electrons. The minimum absolute atomic E-state index is 0.167. The topological polar surface area (TPSA) is 92.4 Å². The predicted molar refractivity (Wildman–Crippen MR) is 71.4 cm³/mol. The number of carboxylic acid groups (broad SMARTS) is 1. The first-order valence-electron chi connectivity index (χ1n) is 6.83. The van der Waals surface area contributed by atoms with E-state index in [4.69, 9.17) is 4.42 Å². The fourth-order valence-corrected chi connectivity index (χ4v) is 2.79. The van der Waals surface area contributed by atoms with Crippen LogP contribution in [0.4, 0.5) is 0 Å². The standard InChI is InChI=1S/C14H20N2O4/c1-8-11(20-9(2)15-8)12(17)16-10-6-4-5-7-14(10,3)13(18)19/h10H,4-7H2,1-3H3,(H,16,17)(H,18,19). The van der Waals surface area contributed by atoms with Crippen molar-refractivity contribution in [3.63, 3.8) is 0 Å². The summed E-state index contributed by atoms with van der Waals surface area (Å²) in [4.78, 5) is 27.8. The second-order valence-corrected chi connectivity index (χ2v) is 5.64. The van der Waals surface area contributed by atoms with Gasteiger partial charge < -0.3 is 14.8 Å². The van der Waals surface area contributed by atoms with Gasteiger partial charge in [-0.05, 0) is 26.7 Å². The first kappa shape index (κ1) is 14.6. The molecule has 110 valence electrons. The molecule has 1 saturated carbocycles. The highest BCUT2D eigenvalue weighted by Gasteiger charge is 2.44. The summed E-state index contributed by atoms with van der Waals surface area (Å²) >= 11 is 0. The molecule has 0 aliphatic heterocycles. The molecule has 0 spiro atoms. The van der Waals surface area contributed by atoms with Crippen molar-refractivity contribution >= 4 is 11.9 Å². The third-order valence-electron chi connectivity index (χ3n) is 4.11. The summed E-state index contributed by atoms with van der Waals surface area (Å²) in [5, 5.41) is 12.2. The highest BCUT2D eigenvalue weighted by Crippen LogP contribution is 2.36. The number of rotatable bonds is 3. The molecule has 0 bridgehead atoms. The Morgan fingerprint density at radius 2 is 2.10 bits per heavy atom. The van der Waals surface area contributed by atoms with Gasteiger partial charge in [-0.3, -0.25) is 9.59 Å². The van der Waals surface area contributed by atoms with E-state index in [0.717, 1.165) is 12.8 Å². The van der Waals surface area contributed by atoms with E-state index in [9.17, 15) is 14.7 Å². The van der Waals surface area contributed by atoms with E-state index in [1.54, 1.807) is 20.8 Å². The van der Waals surface area contributed by atoms with E-state index in [1.807, 2.05) is 0 Å². The molecule has 6 nitrogen and oxygen atoms in total. The lowest BCUT2D eigenvalue weighted by Crippen LogP contribution is -2.52. The molecule has 1 aliphatic carbocycles. The largest absolute Gasteiger partial charge is 0.481 e. The zero-order valence-corrected chi connectivity index (χ0v) is 12.0. The van der Waals surface area contributed by atoms with E-state index in [-0.39, 0.29) is 17.7 Å². The number of aryl methyl sites for hydroxylation is 2. The van der Waals surface area contributed by atoms with Crippen molar-refractivity contribution in [2.24, 2.45) is 5.41 Å². The number of amides is 1. The zero-order chi connectivity index (χ0) is 14.9. The number of hydrogen-bond acceptors (Lipinski definition) is 4. The molecule has 1 aliphatic rings. The summed E-state index contributed by atoms with van der Waals surface area (Å²) < 4.78 is 5.28. The highest BCUT2D eigenvalue weighted by molar-refractivity contribution is 5.93. The highest BCUT2D eigenvalue weighted by atomic mass is 16.4. The monoisotopic (exact) mass is 280 g/mol. The lowest BCUT2D eigenvalue weighted by Gasteiger charge is -2.38. The van der Waals surface area contributed by atoms with Crippen molar-refractivity contribution in [2.45, 2.75) is 52.5 Å². The van der Waals surface area contributed by atoms with Gasteiger partial charge in [0, 0.05) is 13.0 Å². The lowest BCUT2D eigenvalue weighted by atomic mass is 9.71. The summed E-state index contributed by atoms with van der Waals surface area (Å²) in [5.41, 5.74) is -0.399. The van der Waals surface area contributed by atoms with Gasteiger partial charge in [-0.2, -0.15) is 0 Å². The van der Waals surface area contributed by atoms with Gasteiger partial charge in [-0.1, -0.05) is 12.8 Å². The Hall–Kier alpha value is -1.85. The van der Waals surface area contributed by atoms with Crippen LogP contribution in [0, 0.1) is 19.3 Å². The van der Waals surface area contributed by atoms with Gasteiger partial charge in [0.2, 0.25) is 5.76 Å². The number of nitrogens with zero attached hydrogens (tertiary/aromatic N) is 1. The number of oxazole rings is 1. The molecule has 2 rings (SSSR count). The maximum absolute atomic E-state index is 12.2. The van der Waals surface area contributed by atoms with Gasteiger partial charge in [-0.15, -0.1) is 0 Å². The summed E-state index contributed by atoms with van der Waals surface area (Å²) in [6, 6.07) is -0.383. The Kier molecular flexibility index (Phi) is 3.83. The van der Waals surface area contributed by atoms with Gasteiger partial charge in [-0.25, -0.2) is 4.98 Å². The number of aromatic nitrogens is 1. The van der Waals surface area contributed by atoms with Crippen molar-refractivity contribution < 1.29 is 19.1 Å². The van der Waals surface area contributed by atoms with Gasteiger partial charge in [0.15, 0.2) is 5.89 Å². The molecule has 2 unspecified atom stereocenters. The maximum atomic E-state index is 12.2. The van der Waals surface area contributed by atoms with Crippen LogP contribution in [0.3, 0.4) is 0 Å². The summed E-state index contributed by atoms with van der Waals surface area (Å²) in [7, 11) is 0. The summed E-state index contributed by atoms with van der Waals surface area (Å²) in [5.74, 6) is -0.659. The van der Waals surface area contributed by atoms with Crippen LogP contribution in [0.15, 0.2) is 4.42 Å². The molecule has 2 atom stereocenters. The van der Waals surface area contributed by atoms with Crippen LogP contribution in [-0.2, 0) is 4.79 Å². The molecule has 0 aromatic carbocycles. The predicted octanol–water partition coefficient (Wildman–Crippen LogP) is 2.05. The molecule has 1 heterocycles. The normalized spacial score (nSPS) is 26.2. The van der Waals surface area contributed by atoms with Crippen LogP contribution < -0.4 is 5.32 Å². The van der Waals surface area contributed by atoms with Crippen LogP contribution in [0.1, 0.15) is 54.7 Å². The average molecular weight is 280 g/mol. The number of aliphatic carboxylic acids is 1. The molecule has 2 N–H and O–H groups in total. The Labute approximate surface area is 117 Å². The Balaban J connectivity index is 2.17. The second kappa shape index (κ2) is 5.26. The quantitative estimate of drug-likeness (QED) is 0.884. The number of carboxylic acids is 1. The first-order chi connectivity index (χ1) is 9.34. The maximum Gasteiger partial charge on any atom is 0.311 e. The van der Waals surface area contributed by atoms with Crippen molar-refractivity contribution in [2.75, 3.05) is 0 Å². The van der Waals surface area contributed by atoms with Crippen molar-refractivity contribution in [3.05, 3.63) is 17.3 Å². The fourth-order valence-electron chi connectivity index (χ4n) is 2.79. The van der Waals surface area contributed by atoms with Crippen LogP contribution in [0.25, 0.3) is 0 Å². The molecular formula is C14H20N2O4. The smallest absolute Gasteiger partial charge is 0.311 e. The first-order valence-corrected chi connectivity index (χ1v) is 6.83. The molecule has 1 aromatic rings. The van der Waals surface area contributed by atoms with Crippen LogP contribution in [-0.4, -0.2) is 28.0 Å².